The lowest BCUT2D eigenvalue weighted by atomic mass is 9.79. The van der Waals surface area contributed by atoms with Crippen molar-refractivity contribution in [2.45, 2.75) is 32.1 Å². The van der Waals surface area contributed by atoms with Crippen molar-refractivity contribution in [3.05, 3.63) is 45.5 Å². The van der Waals surface area contributed by atoms with E-state index in [4.69, 9.17) is 4.98 Å². The molecule has 23 heavy (non-hydrogen) atoms. The fourth-order valence-corrected chi connectivity index (χ4v) is 5.24. The third-order valence-electron chi connectivity index (χ3n) is 4.72. The van der Waals surface area contributed by atoms with Gasteiger partial charge in [-0.05, 0) is 31.2 Å². The number of hydrogen-bond donors (Lipinski definition) is 0. The van der Waals surface area contributed by atoms with Gasteiger partial charge >= 0.3 is 0 Å². The van der Waals surface area contributed by atoms with Crippen LogP contribution in [0.25, 0.3) is 4.83 Å². The first-order chi connectivity index (χ1) is 11.1. The summed E-state index contributed by atoms with van der Waals surface area (Å²) < 4.78 is 2.16. The maximum absolute atomic E-state index is 12.7. The highest BCUT2D eigenvalue weighted by Crippen LogP contribution is 2.37. The lowest BCUT2D eigenvalue weighted by Gasteiger charge is -2.39. The van der Waals surface area contributed by atoms with E-state index in [0.29, 0.717) is 0 Å². The SMILES string of the molecule is Cc1nc(C2(C)CCCN(C(=O)c3cccs3)C2)c2sccn12. The van der Waals surface area contributed by atoms with E-state index < -0.39 is 0 Å². The Hall–Kier alpha value is -1.66. The third kappa shape index (κ3) is 2.40. The zero-order valence-corrected chi connectivity index (χ0v) is 14.9. The molecular formula is C17H19N3OS2. The molecule has 0 radical (unpaired) electrons. The number of piperidine rings is 1. The number of hydrogen-bond acceptors (Lipinski definition) is 4. The summed E-state index contributed by atoms with van der Waals surface area (Å²) in [6, 6.07) is 3.85. The van der Waals surface area contributed by atoms with Gasteiger partial charge in [-0.1, -0.05) is 13.0 Å². The monoisotopic (exact) mass is 345 g/mol. The van der Waals surface area contributed by atoms with E-state index in [1.165, 1.54) is 16.2 Å². The van der Waals surface area contributed by atoms with Crippen molar-refractivity contribution in [3.63, 3.8) is 0 Å². The molecular weight excluding hydrogens is 326 g/mol. The Morgan fingerprint density at radius 3 is 3.00 bits per heavy atom. The normalized spacial score (nSPS) is 21.9. The van der Waals surface area contributed by atoms with Gasteiger partial charge in [0.05, 0.1) is 10.6 Å². The van der Waals surface area contributed by atoms with Gasteiger partial charge < -0.3 is 4.90 Å². The lowest BCUT2D eigenvalue weighted by Crippen LogP contribution is -2.47. The molecule has 6 heteroatoms. The van der Waals surface area contributed by atoms with E-state index in [1.807, 2.05) is 29.3 Å². The number of amides is 1. The smallest absolute Gasteiger partial charge is 0.263 e. The quantitative estimate of drug-likeness (QED) is 0.705. The summed E-state index contributed by atoms with van der Waals surface area (Å²) in [4.78, 5) is 21.6. The number of thiazole rings is 1. The van der Waals surface area contributed by atoms with Gasteiger partial charge in [0.1, 0.15) is 10.7 Å². The van der Waals surface area contributed by atoms with Gasteiger partial charge in [0.25, 0.3) is 5.91 Å². The van der Waals surface area contributed by atoms with E-state index >= 15 is 0 Å². The van der Waals surface area contributed by atoms with Crippen LogP contribution in [0, 0.1) is 6.92 Å². The number of aromatic nitrogens is 2. The van der Waals surface area contributed by atoms with Crippen LogP contribution in [-0.4, -0.2) is 33.3 Å². The van der Waals surface area contributed by atoms with E-state index in [-0.39, 0.29) is 11.3 Å². The molecule has 1 aliphatic rings. The summed E-state index contributed by atoms with van der Waals surface area (Å²) in [5.41, 5.74) is 1.07. The number of likely N-dealkylation sites (tertiary alicyclic amines) is 1. The van der Waals surface area contributed by atoms with Crippen molar-refractivity contribution in [2.24, 2.45) is 0 Å². The molecule has 1 fully saturated rings. The number of rotatable bonds is 2. The summed E-state index contributed by atoms with van der Waals surface area (Å²) in [6.07, 6.45) is 4.18. The van der Waals surface area contributed by atoms with E-state index in [1.54, 1.807) is 11.3 Å². The van der Waals surface area contributed by atoms with Gasteiger partial charge in [-0.15, -0.1) is 22.7 Å². The number of carbonyl (C=O) groups is 1. The van der Waals surface area contributed by atoms with Crippen LogP contribution in [0.4, 0.5) is 0 Å². The minimum atomic E-state index is -0.0739. The van der Waals surface area contributed by atoms with Crippen molar-refractivity contribution >= 4 is 33.4 Å². The maximum atomic E-state index is 12.7. The first-order valence-corrected chi connectivity index (χ1v) is 9.60. The Labute approximate surface area is 143 Å². The molecule has 0 aromatic carbocycles. The van der Waals surface area contributed by atoms with Gasteiger partial charge in [0, 0.05) is 30.1 Å². The molecule has 3 aromatic rings. The van der Waals surface area contributed by atoms with Crippen LogP contribution in [0.1, 0.15) is 41.0 Å². The van der Waals surface area contributed by atoms with Crippen LogP contribution in [0.5, 0.6) is 0 Å². The topological polar surface area (TPSA) is 37.6 Å². The summed E-state index contributed by atoms with van der Waals surface area (Å²) in [5, 5.41) is 4.07. The first kappa shape index (κ1) is 14.9. The number of thiophene rings is 1. The van der Waals surface area contributed by atoms with Crippen LogP contribution in [-0.2, 0) is 5.41 Å². The Balaban J connectivity index is 1.68. The summed E-state index contributed by atoms with van der Waals surface area (Å²) >= 11 is 3.25. The lowest BCUT2D eigenvalue weighted by molar-refractivity contribution is 0.0654. The van der Waals surface area contributed by atoms with Gasteiger partial charge in [0.15, 0.2) is 0 Å². The van der Waals surface area contributed by atoms with Gasteiger partial charge in [-0.2, -0.15) is 0 Å². The highest BCUT2D eigenvalue weighted by atomic mass is 32.1. The first-order valence-electron chi connectivity index (χ1n) is 7.84. The molecule has 3 aromatic heterocycles. The Bertz CT molecular complexity index is 849. The predicted molar refractivity (Wildman–Crippen MR) is 94.6 cm³/mol. The molecule has 4 heterocycles. The number of nitrogens with zero attached hydrogens (tertiary/aromatic N) is 3. The van der Waals surface area contributed by atoms with E-state index in [2.05, 4.69) is 22.9 Å². The second kappa shape index (κ2) is 5.46. The Morgan fingerprint density at radius 1 is 1.35 bits per heavy atom. The molecule has 4 nitrogen and oxygen atoms in total. The summed E-state index contributed by atoms with van der Waals surface area (Å²) in [7, 11) is 0. The Morgan fingerprint density at radius 2 is 2.22 bits per heavy atom. The minimum Gasteiger partial charge on any atom is -0.337 e. The fourth-order valence-electron chi connectivity index (χ4n) is 3.52. The van der Waals surface area contributed by atoms with Gasteiger partial charge in [-0.3, -0.25) is 9.20 Å². The van der Waals surface area contributed by atoms with E-state index in [9.17, 15) is 4.79 Å². The van der Waals surface area contributed by atoms with Crippen molar-refractivity contribution in [1.29, 1.82) is 0 Å². The Kier molecular flexibility index (Phi) is 3.54. The standard InChI is InChI=1S/C17H19N3OS2/c1-12-18-14(16-20(12)8-10-23-16)17(2)6-4-7-19(11-17)15(21)13-5-3-9-22-13/h3,5,8-10H,4,6-7,11H2,1-2H3. The molecule has 0 bridgehead atoms. The molecule has 1 unspecified atom stereocenters. The molecule has 0 N–H and O–H groups in total. The van der Waals surface area contributed by atoms with Crippen molar-refractivity contribution < 1.29 is 4.79 Å². The van der Waals surface area contributed by atoms with Crippen molar-refractivity contribution in [3.8, 4) is 0 Å². The summed E-state index contributed by atoms with van der Waals surface area (Å²) in [6.45, 7) is 5.88. The number of aryl methyl sites for hydroxylation is 1. The van der Waals surface area contributed by atoms with Crippen LogP contribution in [0.15, 0.2) is 29.1 Å². The predicted octanol–water partition coefficient (Wildman–Crippen LogP) is 3.96. The largest absolute Gasteiger partial charge is 0.337 e. The van der Waals surface area contributed by atoms with Crippen LogP contribution < -0.4 is 0 Å². The zero-order chi connectivity index (χ0) is 16.0. The average molecular weight is 345 g/mol. The van der Waals surface area contributed by atoms with Crippen LogP contribution >= 0.6 is 22.7 Å². The third-order valence-corrected chi connectivity index (χ3v) is 6.45. The molecule has 1 aliphatic heterocycles. The number of carbonyl (C=O) groups excluding carboxylic acids is 1. The minimum absolute atomic E-state index is 0.0739. The van der Waals surface area contributed by atoms with Gasteiger partial charge in [-0.25, -0.2) is 4.98 Å². The van der Waals surface area contributed by atoms with Crippen LogP contribution in [0.2, 0.25) is 0 Å². The molecule has 0 aliphatic carbocycles. The number of fused-ring (bicyclic) bond motifs is 1. The van der Waals surface area contributed by atoms with Crippen molar-refractivity contribution in [1.82, 2.24) is 14.3 Å². The molecule has 1 atom stereocenters. The van der Waals surface area contributed by atoms with Gasteiger partial charge in [0.2, 0.25) is 0 Å². The zero-order valence-electron chi connectivity index (χ0n) is 13.3. The fraction of sp³-hybridized carbons (Fsp3) is 0.412. The second-order valence-corrected chi connectivity index (χ2v) is 8.30. The molecule has 1 amide bonds. The van der Waals surface area contributed by atoms with Crippen LogP contribution in [0.3, 0.4) is 0 Å². The second-order valence-electron chi connectivity index (χ2n) is 6.45. The van der Waals surface area contributed by atoms with Crippen molar-refractivity contribution in [2.75, 3.05) is 13.1 Å². The number of imidazole rings is 1. The molecule has 120 valence electrons. The highest BCUT2D eigenvalue weighted by molar-refractivity contribution is 7.15. The molecule has 1 saturated heterocycles. The average Bonchev–Trinajstić information content (AvgIpc) is 3.25. The molecule has 0 saturated carbocycles. The molecule has 4 rings (SSSR count). The maximum Gasteiger partial charge on any atom is 0.263 e. The molecule has 0 spiro atoms. The van der Waals surface area contributed by atoms with E-state index in [0.717, 1.165) is 42.3 Å². The highest BCUT2D eigenvalue weighted by Gasteiger charge is 2.38. The summed E-state index contributed by atoms with van der Waals surface area (Å²) in [5.74, 6) is 1.18.